The Bertz CT molecular complexity index is 540. The Labute approximate surface area is 112 Å². The normalized spacial score (nSPS) is 10.3. The number of hydrazine groups is 1. The van der Waals surface area contributed by atoms with Gasteiger partial charge in [0.05, 0.1) is 0 Å². The molecule has 0 aliphatic heterocycles. The van der Waals surface area contributed by atoms with E-state index in [0.717, 1.165) is 24.3 Å². The molecule has 1 aromatic heterocycles. The number of nitrogens with two attached hydrogens (primary N) is 1. The molecule has 0 saturated carbocycles. The summed E-state index contributed by atoms with van der Waals surface area (Å²) in [6.07, 6.45) is 2.21. The Morgan fingerprint density at radius 2 is 1.95 bits per heavy atom. The molecule has 2 aromatic rings. The van der Waals surface area contributed by atoms with E-state index < -0.39 is 0 Å². The van der Waals surface area contributed by atoms with Gasteiger partial charge in [0, 0.05) is 11.8 Å². The number of aryl methyl sites for hydroxylation is 2. The third-order valence-electron chi connectivity index (χ3n) is 2.64. The van der Waals surface area contributed by atoms with Gasteiger partial charge in [-0.2, -0.15) is 4.98 Å². The van der Waals surface area contributed by atoms with Gasteiger partial charge in [-0.1, -0.05) is 25.5 Å². The first-order valence-electron chi connectivity index (χ1n) is 6.30. The summed E-state index contributed by atoms with van der Waals surface area (Å²) < 4.78 is 5.69. The molecule has 0 amide bonds. The summed E-state index contributed by atoms with van der Waals surface area (Å²) in [7, 11) is 0. The van der Waals surface area contributed by atoms with Crippen LogP contribution in [0.5, 0.6) is 11.6 Å². The van der Waals surface area contributed by atoms with Crippen molar-refractivity contribution < 1.29 is 4.74 Å². The molecule has 3 N–H and O–H groups in total. The highest BCUT2D eigenvalue weighted by atomic mass is 16.5. The number of nitrogen functional groups attached to an aromatic ring is 1. The second kappa shape index (κ2) is 6.15. The van der Waals surface area contributed by atoms with Gasteiger partial charge in [-0.25, -0.2) is 10.8 Å². The highest BCUT2D eigenvalue weighted by Gasteiger charge is 2.03. The summed E-state index contributed by atoms with van der Waals surface area (Å²) in [4.78, 5) is 8.24. The molecule has 0 radical (unpaired) electrons. The molecule has 0 spiro atoms. The maximum Gasteiger partial charge on any atom is 0.240 e. The lowest BCUT2D eigenvalue weighted by atomic mass is 10.1. The molecule has 0 unspecified atom stereocenters. The SMILES string of the molecule is CCCc1ccc(Oc2cc(C)nc(NN)n2)cc1. The maximum atomic E-state index is 5.69. The fourth-order valence-electron chi connectivity index (χ4n) is 1.79. The number of rotatable bonds is 5. The Morgan fingerprint density at radius 1 is 1.21 bits per heavy atom. The van der Waals surface area contributed by atoms with Crippen molar-refractivity contribution in [3.05, 3.63) is 41.6 Å². The van der Waals surface area contributed by atoms with Gasteiger partial charge in [0.25, 0.3) is 0 Å². The van der Waals surface area contributed by atoms with Gasteiger partial charge in [0.1, 0.15) is 5.75 Å². The van der Waals surface area contributed by atoms with Crippen LogP contribution in [0.2, 0.25) is 0 Å². The van der Waals surface area contributed by atoms with Crippen molar-refractivity contribution in [3.63, 3.8) is 0 Å². The number of nitrogens with zero attached hydrogens (tertiary/aromatic N) is 2. The summed E-state index contributed by atoms with van der Waals surface area (Å²) in [5.41, 5.74) is 4.51. The zero-order valence-electron chi connectivity index (χ0n) is 11.2. The molecule has 0 bridgehead atoms. The Morgan fingerprint density at radius 3 is 2.58 bits per heavy atom. The quantitative estimate of drug-likeness (QED) is 0.637. The van der Waals surface area contributed by atoms with Crippen LogP contribution < -0.4 is 16.0 Å². The Hall–Kier alpha value is -2.14. The number of ether oxygens (including phenoxy) is 1. The van der Waals surface area contributed by atoms with Crippen molar-refractivity contribution in [2.75, 3.05) is 5.43 Å². The van der Waals surface area contributed by atoms with Crippen LogP contribution in [0, 0.1) is 6.92 Å². The van der Waals surface area contributed by atoms with Crippen LogP contribution in [-0.4, -0.2) is 9.97 Å². The highest BCUT2D eigenvalue weighted by Crippen LogP contribution is 2.21. The van der Waals surface area contributed by atoms with E-state index in [-0.39, 0.29) is 0 Å². The summed E-state index contributed by atoms with van der Waals surface area (Å²) >= 11 is 0. The van der Waals surface area contributed by atoms with Crippen LogP contribution in [0.4, 0.5) is 5.95 Å². The van der Waals surface area contributed by atoms with Crippen LogP contribution >= 0.6 is 0 Å². The van der Waals surface area contributed by atoms with Crippen molar-refractivity contribution in [1.82, 2.24) is 9.97 Å². The third kappa shape index (κ3) is 3.66. The van der Waals surface area contributed by atoms with E-state index in [1.54, 1.807) is 6.07 Å². The van der Waals surface area contributed by atoms with E-state index in [2.05, 4.69) is 34.5 Å². The van der Waals surface area contributed by atoms with Gasteiger partial charge in [0.2, 0.25) is 11.8 Å². The van der Waals surface area contributed by atoms with Crippen LogP contribution in [0.1, 0.15) is 24.6 Å². The minimum absolute atomic E-state index is 0.345. The fraction of sp³-hybridized carbons (Fsp3) is 0.286. The standard InChI is InChI=1S/C14H18N4O/c1-3-4-11-5-7-12(8-6-11)19-13-9-10(2)16-14(17-13)18-15/h5-9H,3-4,15H2,1-2H3,(H,16,17,18). The molecule has 0 fully saturated rings. The van der Waals surface area contributed by atoms with Gasteiger partial charge in [-0.15, -0.1) is 0 Å². The predicted octanol–water partition coefficient (Wildman–Crippen LogP) is 2.82. The molecular formula is C14H18N4O. The van der Waals surface area contributed by atoms with Crippen molar-refractivity contribution in [2.24, 2.45) is 5.84 Å². The zero-order chi connectivity index (χ0) is 13.7. The number of benzene rings is 1. The molecule has 5 heteroatoms. The molecular weight excluding hydrogens is 240 g/mol. The van der Waals surface area contributed by atoms with Gasteiger partial charge in [-0.3, -0.25) is 5.43 Å². The first-order chi connectivity index (χ1) is 9.21. The van der Waals surface area contributed by atoms with E-state index in [4.69, 9.17) is 10.6 Å². The van der Waals surface area contributed by atoms with E-state index >= 15 is 0 Å². The molecule has 19 heavy (non-hydrogen) atoms. The van der Waals surface area contributed by atoms with Crippen molar-refractivity contribution >= 4 is 5.95 Å². The Kier molecular flexibility index (Phi) is 4.30. The largest absolute Gasteiger partial charge is 0.439 e. The van der Waals surface area contributed by atoms with Crippen LogP contribution in [0.25, 0.3) is 0 Å². The molecule has 2 rings (SSSR count). The van der Waals surface area contributed by atoms with Crippen molar-refractivity contribution in [2.45, 2.75) is 26.7 Å². The molecule has 1 heterocycles. The van der Waals surface area contributed by atoms with Crippen molar-refractivity contribution in [3.8, 4) is 11.6 Å². The fourth-order valence-corrected chi connectivity index (χ4v) is 1.79. The Balaban J connectivity index is 2.14. The molecule has 0 aliphatic rings. The number of aromatic nitrogens is 2. The van der Waals surface area contributed by atoms with E-state index in [0.29, 0.717) is 11.8 Å². The molecule has 5 nitrogen and oxygen atoms in total. The minimum atomic E-state index is 0.345. The van der Waals surface area contributed by atoms with Crippen LogP contribution in [0.3, 0.4) is 0 Å². The summed E-state index contributed by atoms with van der Waals surface area (Å²) in [6, 6.07) is 9.78. The third-order valence-corrected chi connectivity index (χ3v) is 2.64. The maximum absolute atomic E-state index is 5.69. The lowest BCUT2D eigenvalue weighted by Gasteiger charge is -2.08. The average Bonchev–Trinajstić information content (AvgIpc) is 2.40. The first-order valence-corrected chi connectivity index (χ1v) is 6.30. The van der Waals surface area contributed by atoms with Gasteiger partial charge in [0.15, 0.2) is 0 Å². The second-order valence-corrected chi connectivity index (χ2v) is 4.31. The minimum Gasteiger partial charge on any atom is -0.439 e. The average molecular weight is 258 g/mol. The predicted molar refractivity (Wildman–Crippen MR) is 75.1 cm³/mol. The second-order valence-electron chi connectivity index (χ2n) is 4.31. The van der Waals surface area contributed by atoms with Gasteiger partial charge >= 0.3 is 0 Å². The molecule has 0 saturated heterocycles. The number of anilines is 1. The number of hydrogen-bond acceptors (Lipinski definition) is 5. The number of nitrogens with one attached hydrogen (secondary N) is 1. The first kappa shape index (κ1) is 13.3. The van der Waals surface area contributed by atoms with Gasteiger partial charge in [-0.05, 0) is 31.0 Å². The summed E-state index contributed by atoms with van der Waals surface area (Å²) in [6.45, 7) is 4.02. The number of hydrogen-bond donors (Lipinski definition) is 2. The summed E-state index contributed by atoms with van der Waals surface area (Å²) in [5, 5.41) is 0. The van der Waals surface area contributed by atoms with Crippen molar-refractivity contribution in [1.29, 1.82) is 0 Å². The summed E-state index contributed by atoms with van der Waals surface area (Å²) in [5.74, 6) is 6.88. The monoisotopic (exact) mass is 258 g/mol. The van der Waals surface area contributed by atoms with E-state index in [9.17, 15) is 0 Å². The molecule has 0 aliphatic carbocycles. The van der Waals surface area contributed by atoms with Gasteiger partial charge < -0.3 is 4.74 Å². The van der Waals surface area contributed by atoms with E-state index in [1.807, 2.05) is 19.1 Å². The zero-order valence-corrected chi connectivity index (χ0v) is 11.2. The van der Waals surface area contributed by atoms with Crippen LogP contribution in [-0.2, 0) is 6.42 Å². The van der Waals surface area contributed by atoms with E-state index in [1.165, 1.54) is 5.56 Å². The molecule has 1 aromatic carbocycles. The lowest BCUT2D eigenvalue weighted by molar-refractivity contribution is 0.461. The lowest BCUT2D eigenvalue weighted by Crippen LogP contribution is -2.11. The smallest absolute Gasteiger partial charge is 0.240 e. The van der Waals surface area contributed by atoms with Crippen LogP contribution in [0.15, 0.2) is 30.3 Å². The topological polar surface area (TPSA) is 73.1 Å². The molecule has 0 atom stereocenters. The molecule has 100 valence electrons. The highest BCUT2D eigenvalue weighted by molar-refractivity contribution is 5.34.